The number of nitrogens with one attached hydrogen (secondary N) is 1. The second-order valence-electron chi connectivity index (χ2n) is 9.94. The van der Waals surface area contributed by atoms with E-state index in [1.54, 1.807) is 17.1 Å². The largest absolute Gasteiger partial charge is 0.459 e. The van der Waals surface area contributed by atoms with Gasteiger partial charge in [0, 0.05) is 16.6 Å². The standard InChI is InChI=1S/C32H27BrN6O3S/c1-21-9-11-23(12-10-21)27-18-26(22-13-15-24(33)16-14-22)37-39(27)30(40)20-43-32-36-35-29(38(32)25-6-3-2-4-7-25)19-34-31(41)28-8-5-17-42-28/h2-17,27H,18-20H2,1H3,(H,34,41). The summed E-state index contributed by atoms with van der Waals surface area (Å²) < 4.78 is 8.02. The maximum Gasteiger partial charge on any atom is 0.287 e. The molecule has 2 amide bonds. The first-order valence-corrected chi connectivity index (χ1v) is 15.4. The molecule has 0 fully saturated rings. The molecule has 43 heavy (non-hydrogen) atoms. The number of aromatic nitrogens is 3. The molecule has 216 valence electrons. The minimum atomic E-state index is -0.354. The van der Waals surface area contributed by atoms with Gasteiger partial charge in [0.15, 0.2) is 16.7 Å². The first-order valence-electron chi connectivity index (χ1n) is 13.6. The molecule has 1 aliphatic heterocycles. The summed E-state index contributed by atoms with van der Waals surface area (Å²) in [5.41, 5.74) is 4.84. The highest BCUT2D eigenvalue weighted by molar-refractivity contribution is 9.10. The Morgan fingerprint density at radius 3 is 2.47 bits per heavy atom. The summed E-state index contributed by atoms with van der Waals surface area (Å²) in [5, 5.41) is 18.5. The summed E-state index contributed by atoms with van der Waals surface area (Å²) in [5.74, 6) is 0.340. The van der Waals surface area contributed by atoms with Crippen molar-refractivity contribution in [3.63, 3.8) is 0 Å². The summed E-state index contributed by atoms with van der Waals surface area (Å²) in [6.07, 6.45) is 2.06. The Kier molecular flexibility index (Phi) is 8.52. The first-order chi connectivity index (χ1) is 21.0. The highest BCUT2D eigenvalue weighted by Crippen LogP contribution is 2.34. The average Bonchev–Trinajstić information content (AvgIpc) is 3.80. The van der Waals surface area contributed by atoms with Gasteiger partial charge in [0.25, 0.3) is 11.8 Å². The maximum absolute atomic E-state index is 13.8. The van der Waals surface area contributed by atoms with Crippen molar-refractivity contribution in [2.75, 3.05) is 5.75 Å². The van der Waals surface area contributed by atoms with Crippen LogP contribution in [0.3, 0.4) is 0 Å². The number of hydrogen-bond acceptors (Lipinski definition) is 7. The van der Waals surface area contributed by atoms with Crippen LogP contribution in [0.15, 0.2) is 116 Å². The number of rotatable bonds is 9. The van der Waals surface area contributed by atoms with Crippen LogP contribution in [-0.4, -0.2) is 43.1 Å². The number of carbonyl (C=O) groups excluding carboxylic acids is 2. The molecule has 1 aliphatic rings. The molecule has 2 aromatic heterocycles. The molecule has 1 atom stereocenters. The van der Waals surface area contributed by atoms with Crippen molar-refractivity contribution < 1.29 is 14.0 Å². The number of halogens is 1. The number of aryl methyl sites for hydroxylation is 1. The van der Waals surface area contributed by atoms with E-state index < -0.39 is 0 Å². The number of para-hydroxylation sites is 1. The molecule has 3 heterocycles. The predicted molar refractivity (Wildman–Crippen MR) is 168 cm³/mol. The monoisotopic (exact) mass is 654 g/mol. The lowest BCUT2D eigenvalue weighted by Gasteiger charge is -2.22. The van der Waals surface area contributed by atoms with Crippen molar-refractivity contribution >= 4 is 45.2 Å². The Bertz CT molecular complexity index is 1750. The number of hydrazone groups is 1. The zero-order chi connectivity index (χ0) is 29.8. The van der Waals surface area contributed by atoms with Crippen LogP contribution in [0.25, 0.3) is 5.69 Å². The van der Waals surface area contributed by atoms with E-state index in [0.717, 1.165) is 32.6 Å². The number of amides is 2. The molecular weight excluding hydrogens is 628 g/mol. The van der Waals surface area contributed by atoms with E-state index in [9.17, 15) is 9.59 Å². The molecule has 0 spiro atoms. The topological polar surface area (TPSA) is 106 Å². The van der Waals surface area contributed by atoms with Crippen LogP contribution < -0.4 is 5.32 Å². The Morgan fingerprint density at radius 2 is 1.74 bits per heavy atom. The Labute approximate surface area is 261 Å². The van der Waals surface area contributed by atoms with Crippen LogP contribution in [-0.2, 0) is 11.3 Å². The number of carbonyl (C=O) groups is 2. The van der Waals surface area contributed by atoms with Gasteiger partial charge in [0.1, 0.15) is 0 Å². The second kappa shape index (κ2) is 12.8. The highest BCUT2D eigenvalue weighted by Gasteiger charge is 2.33. The van der Waals surface area contributed by atoms with Gasteiger partial charge in [-0.3, -0.25) is 14.2 Å². The molecule has 0 bridgehead atoms. The van der Waals surface area contributed by atoms with Crippen molar-refractivity contribution in [2.24, 2.45) is 5.10 Å². The van der Waals surface area contributed by atoms with Crippen LogP contribution in [0.4, 0.5) is 0 Å². The van der Waals surface area contributed by atoms with E-state index in [1.807, 2.05) is 66.1 Å². The SMILES string of the molecule is Cc1ccc(C2CC(c3ccc(Br)cc3)=NN2C(=O)CSc2nnc(CNC(=O)c3ccco3)n2-c2ccccc2)cc1. The third-order valence-electron chi connectivity index (χ3n) is 7.00. The minimum Gasteiger partial charge on any atom is -0.459 e. The second-order valence-corrected chi connectivity index (χ2v) is 11.8. The van der Waals surface area contributed by atoms with Crippen LogP contribution in [0, 0.1) is 6.92 Å². The predicted octanol–water partition coefficient (Wildman–Crippen LogP) is 6.33. The van der Waals surface area contributed by atoms with Crippen LogP contribution >= 0.6 is 27.7 Å². The van der Waals surface area contributed by atoms with Crippen molar-refractivity contribution in [1.29, 1.82) is 0 Å². The summed E-state index contributed by atoms with van der Waals surface area (Å²) in [6, 6.07) is 28.8. The van der Waals surface area contributed by atoms with Gasteiger partial charge in [-0.15, -0.1) is 10.2 Å². The lowest BCUT2D eigenvalue weighted by molar-refractivity contribution is -0.130. The fourth-order valence-electron chi connectivity index (χ4n) is 4.80. The van der Waals surface area contributed by atoms with E-state index in [2.05, 4.69) is 55.7 Å². The quantitative estimate of drug-likeness (QED) is 0.186. The molecule has 9 nitrogen and oxygen atoms in total. The molecule has 6 rings (SSSR count). The van der Waals surface area contributed by atoms with Gasteiger partial charge in [0.2, 0.25) is 0 Å². The molecule has 0 aliphatic carbocycles. The third-order valence-corrected chi connectivity index (χ3v) is 8.44. The zero-order valence-corrected chi connectivity index (χ0v) is 25.6. The smallest absolute Gasteiger partial charge is 0.287 e. The lowest BCUT2D eigenvalue weighted by Crippen LogP contribution is -2.28. The van der Waals surface area contributed by atoms with E-state index in [4.69, 9.17) is 9.52 Å². The summed E-state index contributed by atoms with van der Waals surface area (Å²) in [6.45, 7) is 2.17. The normalized spacial score (nSPS) is 14.5. The molecule has 1 N–H and O–H groups in total. The van der Waals surface area contributed by atoms with Crippen LogP contribution in [0.2, 0.25) is 0 Å². The number of nitrogens with zero attached hydrogens (tertiary/aromatic N) is 5. The van der Waals surface area contributed by atoms with E-state index >= 15 is 0 Å². The first kappa shape index (κ1) is 28.6. The summed E-state index contributed by atoms with van der Waals surface area (Å²) in [7, 11) is 0. The number of furan rings is 1. The molecule has 3 aromatic carbocycles. The molecule has 11 heteroatoms. The lowest BCUT2D eigenvalue weighted by atomic mass is 9.98. The van der Waals surface area contributed by atoms with Gasteiger partial charge in [-0.25, -0.2) is 5.01 Å². The Hall–Kier alpha value is -4.48. The number of benzene rings is 3. The third kappa shape index (κ3) is 6.47. The van der Waals surface area contributed by atoms with Gasteiger partial charge < -0.3 is 9.73 Å². The van der Waals surface area contributed by atoms with Gasteiger partial charge >= 0.3 is 0 Å². The average molecular weight is 656 g/mol. The van der Waals surface area contributed by atoms with Crippen molar-refractivity contribution in [3.05, 3.63) is 130 Å². The maximum atomic E-state index is 13.8. The molecule has 1 unspecified atom stereocenters. The van der Waals surface area contributed by atoms with Crippen LogP contribution in [0.1, 0.15) is 45.5 Å². The molecular formula is C32H27BrN6O3S. The zero-order valence-electron chi connectivity index (χ0n) is 23.2. The molecule has 0 saturated carbocycles. The molecule has 0 saturated heterocycles. The Balaban J connectivity index is 1.24. The van der Waals surface area contributed by atoms with Gasteiger partial charge in [-0.1, -0.05) is 87.9 Å². The van der Waals surface area contributed by atoms with Gasteiger partial charge in [-0.05, 0) is 54.4 Å². The minimum absolute atomic E-state index is 0.100. The highest BCUT2D eigenvalue weighted by atomic mass is 79.9. The number of hydrogen-bond donors (Lipinski definition) is 1. The van der Waals surface area contributed by atoms with Gasteiger partial charge in [0.05, 0.1) is 30.3 Å². The summed E-state index contributed by atoms with van der Waals surface area (Å²) >= 11 is 4.77. The fraction of sp³-hybridized carbons (Fsp3) is 0.156. The van der Waals surface area contributed by atoms with Crippen molar-refractivity contribution in [3.8, 4) is 5.69 Å². The van der Waals surface area contributed by atoms with Crippen LogP contribution in [0.5, 0.6) is 0 Å². The fourth-order valence-corrected chi connectivity index (χ4v) is 5.88. The van der Waals surface area contributed by atoms with E-state index in [0.29, 0.717) is 17.4 Å². The summed E-state index contributed by atoms with van der Waals surface area (Å²) in [4.78, 5) is 26.2. The Morgan fingerprint density at radius 1 is 0.977 bits per heavy atom. The number of thioether (sulfide) groups is 1. The van der Waals surface area contributed by atoms with E-state index in [-0.39, 0.29) is 35.9 Å². The molecule has 0 radical (unpaired) electrons. The van der Waals surface area contributed by atoms with Crippen molar-refractivity contribution in [1.82, 2.24) is 25.1 Å². The van der Waals surface area contributed by atoms with Crippen molar-refractivity contribution in [2.45, 2.75) is 31.1 Å². The molecule has 5 aromatic rings. The van der Waals surface area contributed by atoms with Gasteiger partial charge in [-0.2, -0.15) is 5.10 Å². The van der Waals surface area contributed by atoms with E-state index in [1.165, 1.54) is 18.0 Å².